The summed E-state index contributed by atoms with van der Waals surface area (Å²) >= 11 is 0. The molecule has 2 aromatic rings. The fraction of sp³-hybridized carbons (Fsp3) is 0.474. The number of rotatable bonds is 2. The SMILES string of the molecule is Cc1c(-c2ccccc2O)nnc2c1NCCN2C1CCCN(C)C1. The maximum Gasteiger partial charge on any atom is 0.175 e. The van der Waals surface area contributed by atoms with E-state index in [1.165, 1.54) is 19.4 Å². The number of anilines is 2. The maximum atomic E-state index is 10.2. The van der Waals surface area contributed by atoms with E-state index in [1.807, 2.05) is 18.2 Å². The molecule has 1 aromatic carbocycles. The molecule has 6 heteroatoms. The lowest BCUT2D eigenvalue weighted by molar-refractivity contribution is 0.244. The zero-order chi connectivity index (χ0) is 17.4. The van der Waals surface area contributed by atoms with Crippen LogP contribution in [0.25, 0.3) is 11.3 Å². The number of aromatic nitrogens is 2. The van der Waals surface area contributed by atoms with E-state index in [1.54, 1.807) is 6.07 Å². The van der Waals surface area contributed by atoms with Crippen LogP contribution in [-0.4, -0.2) is 59.5 Å². The zero-order valence-electron chi connectivity index (χ0n) is 14.9. The minimum atomic E-state index is 0.237. The Labute approximate surface area is 148 Å². The average molecular weight is 339 g/mol. The van der Waals surface area contributed by atoms with Gasteiger partial charge in [-0.3, -0.25) is 0 Å². The summed E-state index contributed by atoms with van der Waals surface area (Å²) in [6.07, 6.45) is 2.43. The van der Waals surface area contributed by atoms with Crippen molar-refractivity contribution in [1.29, 1.82) is 0 Å². The van der Waals surface area contributed by atoms with Crippen molar-refractivity contribution in [2.24, 2.45) is 0 Å². The van der Waals surface area contributed by atoms with Gasteiger partial charge in [0.25, 0.3) is 0 Å². The molecule has 25 heavy (non-hydrogen) atoms. The summed E-state index contributed by atoms with van der Waals surface area (Å²) in [5.41, 5.74) is 3.56. The Morgan fingerprint density at radius 3 is 2.84 bits per heavy atom. The smallest absolute Gasteiger partial charge is 0.175 e. The van der Waals surface area contributed by atoms with Gasteiger partial charge in [-0.25, -0.2) is 0 Å². The van der Waals surface area contributed by atoms with E-state index in [0.29, 0.717) is 6.04 Å². The van der Waals surface area contributed by atoms with Crippen LogP contribution >= 0.6 is 0 Å². The maximum absolute atomic E-state index is 10.2. The lowest BCUT2D eigenvalue weighted by Gasteiger charge is -2.41. The van der Waals surface area contributed by atoms with Crippen molar-refractivity contribution >= 4 is 11.5 Å². The topological polar surface area (TPSA) is 64.5 Å². The molecule has 1 atom stereocenters. The molecule has 0 aliphatic carbocycles. The molecular weight excluding hydrogens is 314 g/mol. The standard InChI is InChI=1S/C19H25N5O/c1-13-17(15-7-3-4-8-16(15)25)21-22-19-18(13)20-9-11-24(19)14-6-5-10-23(2)12-14/h3-4,7-8,14,20,25H,5-6,9-12H2,1-2H3. The molecule has 1 fully saturated rings. The van der Waals surface area contributed by atoms with E-state index in [4.69, 9.17) is 0 Å². The number of nitrogens with zero attached hydrogens (tertiary/aromatic N) is 4. The highest BCUT2D eigenvalue weighted by atomic mass is 16.3. The molecule has 0 radical (unpaired) electrons. The van der Waals surface area contributed by atoms with Crippen LogP contribution in [0.5, 0.6) is 5.75 Å². The molecule has 0 bridgehead atoms. The number of phenolic OH excluding ortho intramolecular Hbond substituents is 1. The summed E-state index contributed by atoms with van der Waals surface area (Å²) in [4.78, 5) is 4.81. The molecule has 0 amide bonds. The van der Waals surface area contributed by atoms with Crippen molar-refractivity contribution in [3.8, 4) is 17.0 Å². The Hall–Kier alpha value is -2.34. The average Bonchev–Trinajstić information content (AvgIpc) is 2.63. The van der Waals surface area contributed by atoms with Gasteiger partial charge in [-0.05, 0) is 45.5 Å². The molecular formula is C19H25N5O. The van der Waals surface area contributed by atoms with Gasteiger partial charge in [0.2, 0.25) is 0 Å². The van der Waals surface area contributed by atoms with Gasteiger partial charge in [-0.15, -0.1) is 10.2 Å². The first-order valence-corrected chi connectivity index (χ1v) is 9.00. The van der Waals surface area contributed by atoms with E-state index in [0.717, 1.165) is 48.0 Å². The van der Waals surface area contributed by atoms with Gasteiger partial charge in [-0.1, -0.05) is 12.1 Å². The highest BCUT2D eigenvalue weighted by molar-refractivity contribution is 5.80. The van der Waals surface area contributed by atoms with Crippen LogP contribution in [0, 0.1) is 6.92 Å². The van der Waals surface area contributed by atoms with E-state index >= 15 is 0 Å². The number of aromatic hydroxyl groups is 1. The highest BCUT2D eigenvalue weighted by Crippen LogP contribution is 2.38. The number of likely N-dealkylation sites (tertiary alicyclic amines) is 1. The van der Waals surface area contributed by atoms with Crippen LogP contribution in [0.2, 0.25) is 0 Å². The quantitative estimate of drug-likeness (QED) is 0.876. The van der Waals surface area contributed by atoms with Crippen molar-refractivity contribution in [2.75, 3.05) is 43.4 Å². The predicted octanol–water partition coefficient (Wildman–Crippen LogP) is 2.48. The molecule has 1 aromatic heterocycles. The molecule has 3 heterocycles. The second kappa shape index (κ2) is 6.52. The van der Waals surface area contributed by atoms with Gasteiger partial charge in [0, 0.05) is 36.8 Å². The molecule has 0 spiro atoms. The normalized spacial score (nSPS) is 20.9. The minimum absolute atomic E-state index is 0.237. The summed E-state index contributed by atoms with van der Waals surface area (Å²) < 4.78 is 0. The van der Waals surface area contributed by atoms with Gasteiger partial charge < -0.3 is 20.2 Å². The van der Waals surface area contributed by atoms with E-state index in [-0.39, 0.29) is 5.75 Å². The zero-order valence-corrected chi connectivity index (χ0v) is 14.9. The Balaban J connectivity index is 1.73. The van der Waals surface area contributed by atoms with E-state index < -0.39 is 0 Å². The first kappa shape index (κ1) is 16.1. The fourth-order valence-electron chi connectivity index (χ4n) is 4.01. The van der Waals surface area contributed by atoms with Crippen LogP contribution in [0.15, 0.2) is 24.3 Å². The van der Waals surface area contributed by atoms with Crippen molar-refractivity contribution < 1.29 is 5.11 Å². The number of piperidine rings is 1. The molecule has 2 N–H and O–H groups in total. The number of hydrogen-bond acceptors (Lipinski definition) is 6. The lowest BCUT2D eigenvalue weighted by atomic mass is 10.0. The van der Waals surface area contributed by atoms with Crippen molar-refractivity contribution in [2.45, 2.75) is 25.8 Å². The number of nitrogens with one attached hydrogen (secondary N) is 1. The van der Waals surface area contributed by atoms with Gasteiger partial charge in [0.1, 0.15) is 11.4 Å². The van der Waals surface area contributed by atoms with Crippen molar-refractivity contribution in [1.82, 2.24) is 15.1 Å². The third kappa shape index (κ3) is 2.91. The summed E-state index contributed by atoms with van der Waals surface area (Å²) in [5.74, 6) is 1.18. The lowest BCUT2D eigenvalue weighted by Crippen LogP contribution is -2.50. The van der Waals surface area contributed by atoms with E-state index in [2.05, 4.69) is 39.3 Å². The summed E-state index contributed by atoms with van der Waals surface area (Å²) in [6, 6.07) is 7.79. The summed E-state index contributed by atoms with van der Waals surface area (Å²) in [5, 5.41) is 22.7. The Bertz CT molecular complexity index is 778. The van der Waals surface area contributed by atoms with E-state index in [9.17, 15) is 5.11 Å². The van der Waals surface area contributed by atoms with Crippen LogP contribution in [0.3, 0.4) is 0 Å². The molecule has 1 unspecified atom stereocenters. The second-order valence-electron chi connectivity index (χ2n) is 7.07. The Morgan fingerprint density at radius 1 is 1.20 bits per heavy atom. The number of fused-ring (bicyclic) bond motifs is 1. The van der Waals surface area contributed by atoms with Crippen LogP contribution < -0.4 is 10.2 Å². The van der Waals surface area contributed by atoms with Gasteiger partial charge in [0.05, 0.1) is 5.69 Å². The summed E-state index contributed by atoms with van der Waals surface area (Å²) in [7, 11) is 2.19. The number of para-hydroxylation sites is 1. The fourth-order valence-corrected chi connectivity index (χ4v) is 4.01. The third-order valence-corrected chi connectivity index (χ3v) is 5.32. The molecule has 4 rings (SSSR count). The molecule has 132 valence electrons. The Morgan fingerprint density at radius 2 is 2.04 bits per heavy atom. The van der Waals surface area contributed by atoms with Crippen molar-refractivity contribution in [3.63, 3.8) is 0 Å². The van der Waals surface area contributed by atoms with Crippen LogP contribution in [0.4, 0.5) is 11.5 Å². The van der Waals surface area contributed by atoms with Gasteiger partial charge in [0.15, 0.2) is 5.82 Å². The second-order valence-corrected chi connectivity index (χ2v) is 7.07. The first-order valence-electron chi connectivity index (χ1n) is 9.00. The van der Waals surface area contributed by atoms with Crippen molar-refractivity contribution in [3.05, 3.63) is 29.8 Å². The predicted molar refractivity (Wildman–Crippen MR) is 100 cm³/mol. The number of phenols is 1. The third-order valence-electron chi connectivity index (χ3n) is 5.32. The molecule has 2 aliphatic heterocycles. The van der Waals surface area contributed by atoms with Crippen LogP contribution in [0.1, 0.15) is 18.4 Å². The van der Waals surface area contributed by atoms with Crippen LogP contribution in [-0.2, 0) is 0 Å². The first-order chi connectivity index (χ1) is 12.1. The minimum Gasteiger partial charge on any atom is -0.507 e. The largest absolute Gasteiger partial charge is 0.507 e. The number of likely N-dealkylation sites (N-methyl/N-ethyl adjacent to an activating group) is 1. The molecule has 2 aliphatic rings. The highest BCUT2D eigenvalue weighted by Gasteiger charge is 2.30. The molecule has 0 saturated carbocycles. The summed E-state index contributed by atoms with van der Waals surface area (Å²) in [6.45, 7) is 6.15. The van der Waals surface area contributed by atoms with Gasteiger partial charge in [-0.2, -0.15) is 0 Å². The number of hydrogen-bond donors (Lipinski definition) is 2. The Kier molecular flexibility index (Phi) is 4.21. The molecule has 1 saturated heterocycles. The van der Waals surface area contributed by atoms with Gasteiger partial charge >= 0.3 is 0 Å². The monoisotopic (exact) mass is 339 g/mol. The molecule has 6 nitrogen and oxygen atoms in total. The number of benzene rings is 1.